The number of nitro groups is 1. The van der Waals surface area contributed by atoms with Gasteiger partial charge in [0.05, 0.1) is 16.6 Å². The lowest BCUT2D eigenvalue weighted by atomic mass is 10.0. The van der Waals surface area contributed by atoms with Gasteiger partial charge >= 0.3 is 11.9 Å². The normalized spacial score (nSPS) is 12.8. The molecule has 0 aliphatic carbocycles. The molecule has 0 radical (unpaired) electrons. The molecule has 16 heteroatoms. The van der Waals surface area contributed by atoms with E-state index in [0.29, 0.717) is 38.1 Å². The summed E-state index contributed by atoms with van der Waals surface area (Å²) in [6.45, 7) is 5.26. The molecule has 6 rings (SSSR count). The molecular weight excluding hydrogens is 525 g/mol. The summed E-state index contributed by atoms with van der Waals surface area (Å²) in [6.07, 6.45) is 0.711. The van der Waals surface area contributed by atoms with Crippen LogP contribution in [0.1, 0.15) is 31.1 Å². The SMILES string of the molecule is Cc1c(-c2cc(C(F)(F)F)nc3sc4c(ncn5nc(C(C)(C)n6cc([N+](=O)[O-])cn6)nc45)c23)cnn1C. The molecule has 6 heterocycles. The average molecular weight is 543 g/mol. The van der Waals surface area contributed by atoms with E-state index in [1.54, 1.807) is 32.5 Å². The van der Waals surface area contributed by atoms with E-state index in [1.165, 1.54) is 27.9 Å². The minimum absolute atomic E-state index is 0.153. The molecule has 0 fully saturated rings. The first-order chi connectivity index (χ1) is 17.9. The second-order valence-corrected chi connectivity index (χ2v) is 10.2. The predicted molar refractivity (Wildman–Crippen MR) is 131 cm³/mol. The van der Waals surface area contributed by atoms with Crippen LogP contribution in [0.25, 0.3) is 37.2 Å². The molecule has 0 saturated heterocycles. The molecule has 6 aromatic rings. The summed E-state index contributed by atoms with van der Waals surface area (Å²) in [4.78, 5) is 23.8. The third-order valence-corrected chi connectivity index (χ3v) is 7.55. The van der Waals surface area contributed by atoms with E-state index in [4.69, 9.17) is 0 Å². The molecule has 0 aromatic carbocycles. The fraction of sp³-hybridized carbons (Fsp3) is 0.273. The zero-order valence-corrected chi connectivity index (χ0v) is 21.0. The highest BCUT2D eigenvalue weighted by Gasteiger charge is 2.35. The predicted octanol–water partition coefficient (Wildman–Crippen LogP) is 4.50. The first kappa shape index (κ1) is 23.9. The Kier molecular flexibility index (Phi) is 4.88. The summed E-state index contributed by atoms with van der Waals surface area (Å²) in [5, 5.41) is 24.4. The maximum absolute atomic E-state index is 13.8. The molecule has 0 aliphatic heterocycles. The number of rotatable bonds is 4. The van der Waals surface area contributed by atoms with Gasteiger partial charge in [0, 0.05) is 23.7 Å². The number of nitrogens with zero attached hydrogens (tertiary/aromatic N) is 10. The average Bonchev–Trinajstić information content (AvgIpc) is 3.63. The number of fused-ring (bicyclic) bond motifs is 5. The Balaban J connectivity index is 1.61. The number of hydrogen-bond acceptors (Lipinski definition) is 9. The van der Waals surface area contributed by atoms with Gasteiger partial charge in [0.25, 0.3) is 0 Å². The molecule has 12 nitrogen and oxygen atoms in total. The fourth-order valence-electron chi connectivity index (χ4n) is 4.22. The van der Waals surface area contributed by atoms with Gasteiger partial charge in [-0.3, -0.25) is 19.5 Å². The quantitative estimate of drug-likeness (QED) is 0.235. The van der Waals surface area contributed by atoms with Crippen LogP contribution in [0.3, 0.4) is 0 Å². The lowest BCUT2D eigenvalue weighted by Gasteiger charge is -2.20. The van der Waals surface area contributed by atoms with Crippen LogP contribution >= 0.6 is 11.3 Å². The van der Waals surface area contributed by atoms with Gasteiger partial charge in [0.2, 0.25) is 0 Å². The molecule has 0 saturated carbocycles. The Morgan fingerprint density at radius 1 is 1.11 bits per heavy atom. The monoisotopic (exact) mass is 542 g/mol. The molecule has 0 atom stereocenters. The van der Waals surface area contributed by atoms with Crippen LogP contribution in [0.2, 0.25) is 0 Å². The van der Waals surface area contributed by atoms with Crippen molar-refractivity contribution in [3.63, 3.8) is 0 Å². The zero-order chi connectivity index (χ0) is 27.1. The van der Waals surface area contributed by atoms with E-state index in [0.717, 1.165) is 23.6 Å². The number of alkyl halides is 3. The molecule has 0 amide bonds. The summed E-state index contributed by atoms with van der Waals surface area (Å²) >= 11 is 1.03. The number of pyridine rings is 1. The summed E-state index contributed by atoms with van der Waals surface area (Å²) < 4.78 is 46.3. The molecule has 38 heavy (non-hydrogen) atoms. The van der Waals surface area contributed by atoms with Crippen molar-refractivity contribution in [1.29, 1.82) is 0 Å². The van der Waals surface area contributed by atoms with Crippen molar-refractivity contribution in [2.75, 3.05) is 0 Å². The van der Waals surface area contributed by atoms with Crippen molar-refractivity contribution in [2.24, 2.45) is 7.05 Å². The summed E-state index contributed by atoms with van der Waals surface area (Å²) in [7, 11) is 1.71. The van der Waals surface area contributed by atoms with E-state index >= 15 is 0 Å². The topological polar surface area (TPSA) is 135 Å². The molecule has 0 aliphatic rings. The molecule has 0 unspecified atom stereocenters. The van der Waals surface area contributed by atoms with Crippen molar-refractivity contribution in [3.05, 3.63) is 58.3 Å². The van der Waals surface area contributed by atoms with Gasteiger partial charge in [-0.25, -0.2) is 19.5 Å². The number of thiophene rings is 1. The maximum Gasteiger partial charge on any atom is 0.433 e. The Morgan fingerprint density at radius 3 is 2.50 bits per heavy atom. The van der Waals surface area contributed by atoms with Crippen molar-refractivity contribution in [1.82, 2.24) is 44.1 Å². The minimum atomic E-state index is -4.66. The van der Waals surface area contributed by atoms with Gasteiger partial charge in [0.1, 0.15) is 39.5 Å². The van der Waals surface area contributed by atoms with Crippen LogP contribution in [0, 0.1) is 17.0 Å². The van der Waals surface area contributed by atoms with Crippen molar-refractivity contribution < 1.29 is 18.1 Å². The van der Waals surface area contributed by atoms with Crippen molar-refractivity contribution in [3.8, 4) is 11.1 Å². The molecular formula is C22H17F3N10O2S. The van der Waals surface area contributed by atoms with Gasteiger partial charge in [-0.1, -0.05) is 0 Å². The highest BCUT2D eigenvalue weighted by Crippen LogP contribution is 2.43. The van der Waals surface area contributed by atoms with Gasteiger partial charge in [-0.15, -0.1) is 16.4 Å². The van der Waals surface area contributed by atoms with Crippen LogP contribution in [0.15, 0.2) is 31.0 Å². The van der Waals surface area contributed by atoms with Crippen LogP contribution in [-0.2, 0) is 18.8 Å². The van der Waals surface area contributed by atoms with E-state index in [-0.39, 0.29) is 16.3 Å². The van der Waals surface area contributed by atoms with Crippen molar-refractivity contribution >= 4 is 43.1 Å². The van der Waals surface area contributed by atoms with Crippen LogP contribution in [0.4, 0.5) is 18.9 Å². The van der Waals surface area contributed by atoms with E-state index in [9.17, 15) is 23.3 Å². The number of aromatic nitrogens is 9. The Morgan fingerprint density at radius 2 is 1.87 bits per heavy atom. The molecule has 194 valence electrons. The third kappa shape index (κ3) is 3.43. The molecule has 0 bridgehead atoms. The maximum atomic E-state index is 13.8. The fourth-order valence-corrected chi connectivity index (χ4v) is 5.35. The van der Waals surface area contributed by atoms with Gasteiger partial charge in [-0.05, 0) is 32.4 Å². The van der Waals surface area contributed by atoms with Crippen LogP contribution < -0.4 is 0 Å². The number of aryl methyl sites for hydroxylation is 1. The van der Waals surface area contributed by atoms with Gasteiger partial charge < -0.3 is 0 Å². The Bertz CT molecular complexity index is 1910. The summed E-state index contributed by atoms with van der Waals surface area (Å²) in [6, 6.07) is 1.02. The molecule has 0 spiro atoms. The highest BCUT2D eigenvalue weighted by molar-refractivity contribution is 7.26. The lowest BCUT2D eigenvalue weighted by molar-refractivity contribution is -0.385. The van der Waals surface area contributed by atoms with Crippen LogP contribution in [-0.4, -0.2) is 49.1 Å². The van der Waals surface area contributed by atoms with Crippen molar-refractivity contribution in [2.45, 2.75) is 32.5 Å². The first-order valence-corrected chi connectivity index (χ1v) is 11.9. The van der Waals surface area contributed by atoms with E-state index in [1.807, 2.05) is 0 Å². The van der Waals surface area contributed by atoms with Crippen LogP contribution in [0.5, 0.6) is 0 Å². The highest BCUT2D eigenvalue weighted by atomic mass is 32.1. The third-order valence-electron chi connectivity index (χ3n) is 6.48. The standard InChI is InChI=1S/C22H17F3N10O2S/c1-10-13(7-27-32(10)4)12-5-14(22(23,24)25)29-19-15(12)16-17(38-19)18-30-20(31-33(18)9-26-16)21(2,3)34-8-11(6-28-34)35(36)37/h5-9H,1-4H3. The Hall–Kier alpha value is -4.47. The molecule has 6 aromatic heterocycles. The van der Waals surface area contributed by atoms with E-state index < -0.39 is 22.3 Å². The second-order valence-electron chi connectivity index (χ2n) is 9.19. The first-order valence-electron chi connectivity index (χ1n) is 11.1. The Labute approximate surface area is 214 Å². The van der Waals surface area contributed by atoms with Gasteiger partial charge in [-0.2, -0.15) is 23.4 Å². The zero-order valence-electron chi connectivity index (χ0n) is 20.2. The minimum Gasteiger partial charge on any atom is -0.272 e. The summed E-state index contributed by atoms with van der Waals surface area (Å²) in [5.41, 5.74) is 0.160. The lowest BCUT2D eigenvalue weighted by Crippen LogP contribution is -2.29. The smallest absolute Gasteiger partial charge is 0.272 e. The van der Waals surface area contributed by atoms with E-state index in [2.05, 4.69) is 30.2 Å². The van der Waals surface area contributed by atoms with Gasteiger partial charge in [0.15, 0.2) is 11.5 Å². The molecule has 0 N–H and O–H groups in total. The second kappa shape index (κ2) is 7.77. The number of hydrogen-bond donors (Lipinski definition) is 0. The largest absolute Gasteiger partial charge is 0.433 e. The summed E-state index contributed by atoms with van der Waals surface area (Å²) in [5.74, 6) is 0.287. The number of halogens is 3.